The Morgan fingerprint density at radius 3 is 2.86 bits per heavy atom. The molecule has 6 nitrogen and oxygen atoms in total. The zero-order valence-electron chi connectivity index (χ0n) is 10.7. The Labute approximate surface area is 123 Å². The number of carboxylic acids is 2. The Bertz CT molecular complexity index is 808. The molecule has 106 valence electrons. The fourth-order valence-electron chi connectivity index (χ4n) is 2.38. The summed E-state index contributed by atoms with van der Waals surface area (Å²) < 4.78 is 0.903. The van der Waals surface area contributed by atoms with E-state index in [2.05, 4.69) is 9.98 Å². The van der Waals surface area contributed by atoms with Crippen molar-refractivity contribution >= 4 is 39.6 Å². The van der Waals surface area contributed by atoms with Crippen LogP contribution in [0.2, 0.25) is 0 Å². The SMILES string of the molecule is O=C(O)C1=CC(C(=O)O)(c2csc3ccncc23)CN=C1. The van der Waals surface area contributed by atoms with E-state index >= 15 is 0 Å². The number of hydrogen-bond acceptors (Lipinski definition) is 5. The standard InChI is InChI=1S/C14H10N2O4S/c17-12(18)8-3-14(13(19)20,7-16-4-8)10-6-21-11-1-2-15-5-9(10)11/h1-6H,7H2,(H,17,18)(H,19,20). The lowest BCUT2D eigenvalue weighted by Crippen LogP contribution is -2.39. The largest absolute Gasteiger partial charge is 0.480 e. The lowest BCUT2D eigenvalue weighted by Gasteiger charge is -2.26. The van der Waals surface area contributed by atoms with Crippen molar-refractivity contribution in [3.8, 4) is 0 Å². The van der Waals surface area contributed by atoms with E-state index in [1.165, 1.54) is 23.6 Å². The van der Waals surface area contributed by atoms with Gasteiger partial charge in [-0.15, -0.1) is 11.3 Å². The first-order valence-corrected chi connectivity index (χ1v) is 6.93. The summed E-state index contributed by atoms with van der Waals surface area (Å²) in [6.45, 7) is -0.0279. The van der Waals surface area contributed by atoms with Gasteiger partial charge in [0.05, 0.1) is 12.1 Å². The van der Waals surface area contributed by atoms with Gasteiger partial charge in [0.1, 0.15) is 5.41 Å². The van der Waals surface area contributed by atoms with Crippen molar-refractivity contribution in [1.29, 1.82) is 0 Å². The highest BCUT2D eigenvalue weighted by atomic mass is 32.1. The van der Waals surface area contributed by atoms with Gasteiger partial charge in [0.15, 0.2) is 0 Å². The number of aromatic nitrogens is 1. The lowest BCUT2D eigenvalue weighted by atomic mass is 9.78. The summed E-state index contributed by atoms with van der Waals surface area (Å²) in [6.07, 6.45) is 5.68. The number of nitrogens with zero attached hydrogens (tertiary/aromatic N) is 2. The van der Waals surface area contributed by atoms with Gasteiger partial charge in [-0.1, -0.05) is 0 Å². The second-order valence-electron chi connectivity index (χ2n) is 4.67. The molecule has 0 spiro atoms. The van der Waals surface area contributed by atoms with Crippen molar-refractivity contribution in [1.82, 2.24) is 4.98 Å². The number of dihydropyridines is 1. The molecule has 0 aliphatic carbocycles. The third-order valence-corrected chi connectivity index (χ3v) is 4.42. The van der Waals surface area contributed by atoms with Crippen molar-refractivity contribution in [3.63, 3.8) is 0 Å². The van der Waals surface area contributed by atoms with Crippen molar-refractivity contribution in [2.45, 2.75) is 5.41 Å². The highest BCUT2D eigenvalue weighted by molar-refractivity contribution is 7.17. The normalized spacial score (nSPS) is 21.2. The average molecular weight is 302 g/mol. The molecule has 0 aromatic carbocycles. The van der Waals surface area contributed by atoms with Crippen LogP contribution in [-0.2, 0) is 15.0 Å². The Balaban J connectivity index is 2.26. The minimum Gasteiger partial charge on any atom is -0.480 e. The third kappa shape index (κ3) is 2.02. The number of carboxylic acid groups (broad SMARTS) is 2. The highest BCUT2D eigenvalue weighted by Gasteiger charge is 2.42. The summed E-state index contributed by atoms with van der Waals surface area (Å²) in [4.78, 5) is 31.0. The quantitative estimate of drug-likeness (QED) is 0.899. The summed E-state index contributed by atoms with van der Waals surface area (Å²) >= 11 is 1.40. The van der Waals surface area contributed by atoms with Crippen LogP contribution in [0.25, 0.3) is 10.1 Å². The Morgan fingerprint density at radius 1 is 1.33 bits per heavy atom. The van der Waals surface area contributed by atoms with Crippen LogP contribution in [0.4, 0.5) is 0 Å². The molecular weight excluding hydrogens is 292 g/mol. The van der Waals surface area contributed by atoms with Crippen LogP contribution in [0.3, 0.4) is 0 Å². The molecule has 2 aromatic rings. The molecule has 1 aliphatic heterocycles. The van der Waals surface area contributed by atoms with Gasteiger partial charge in [0.25, 0.3) is 0 Å². The van der Waals surface area contributed by atoms with Gasteiger partial charge in [0.2, 0.25) is 0 Å². The molecular formula is C14H10N2O4S. The lowest BCUT2D eigenvalue weighted by molar-refractivity contribution is -0.141. The van der Waals surface area contributed by atoms with Crippen molar-refractivity contribution in [3.05, 3.63) is 41.1 Å². The van der Waals surface area contributed by atoms with Crippen molar-refractivity contribution in [2.24, 2.45) is 4.99 Å². The van der Waals surface area contributed by atoms with E-state index < -0.39 is 17.4 Å². The molecule has 3 heterocycles. The molecule has 2 aromatic heterocycles. The fourth-order valence-corrected chi connectivity index (χ4v) is 3.39. The van der Waals surface area contributed by atoms with Crippen molar-refractivity contribution in [2.75, 3.05) is 6.54 Å². The average Bonchev–Trinajstić information content (AvgIpc) is 2.91. The van der Waals surface area contributed by atoms with Crippen molar-refractivity contribution < 1.29 is 19.8 Å². The van der Waals surface area contributed by atoms with Gasteiger partial charge in [-0.25, -0.2) is 4.79 Å². The highest BCUT2D eigenvalue weighted by Crippen LogP contribution is 2.38. The van der Waals surface area contributed by atoms with E-state index in [1.54, 1.807) is 23.8 Å². The number of carbonyl (C=O) groups is 2. The van der Waals surface area contributed by atoms with Gasteiger partial charge in [-0.2, -0.15) is 0 Å². The molecule has 7 heteroatoms. The number of thiophene rings is 1. The smallest absolute Gasteiger partial charge is 0.336 e. The van der Waals surface area contributed by atoms with Crippen LogP contribution in [0.1, 0.15) is 5.56 Å². The molecule has 3 rings (SSSR count). The molecule has 0 saturated carbocycles. The number of fused-ring (bicyclic) bond motifs is 1. The number of aliphatic carboxylic acids is 2. The minimum atomic E-state index is -1.47. The van der Waals surface area contributed by atoms with E-state index in [1.807, 2.05) is 0 Å². The van der Waals surface area contributed by atoms with Gasteiger partial charge in [-0.05, 0) is 23.1 Å². The number of rotatable bonds is 3. The summed E-state index contributed by atoms with van der Waals surface area (Å²) in [7, 11) is 0. The zero-order valence-corrected chi connectivity index (χ0v) is 11.5. The molecule has 0 bridgehead atoms. The van der Waals surface area contributed by atoms with Crippen LogP contribution >= 0.6 is 11.3 Å². The second-order valence-corrected chi connectivity index (χ2v) is 5.58. The molecule has 0 saturated heterocycles. The molecule has 0 fully saturated rings. The van der Waals surface area contributed by atoms with E-state index in [9.17, 15) is 14.7 Å². The molecule has 1 atom stereocenters. The fraction of sp³-hybridized carbons (Fsp3) is 0.143. The minimum absolute atomic E-state index is 0.0279. The molecule has 1 unspecified atom stereocenters. The van der Waals surface area contributed by atoms with E-state index in [-0.39, 0.29) is 12.1 Å². The van der Waals surface area contributed by atoms with Crippen LogP contribution < -0.4 is 0 Å². The Morgan fingerprint density at radius 2 is 2.14 bits per heavy atom. The monoisotopic (exact) mass is 302 g/mol. The maximum Gasteiger partial charge on any atom is 0.336 e. The third-order valence-electron chi connectivity index (χ3n) is 3.46. The topological polar surface area (TPSA) is 99.8 Å². The van der Waals surface area contributed by atoms with Crippen LogP contribution in [0.15, 0.2) is 40.5 Å². The summed E-state index contributed by atoms with van der Waals surface area (Å²) in [5.41, 5.74) is -1.06. The maximum atomic E-state index is 11.9. The Kier molecular flexibility index (Phi) is 3.06. The number of hydrogen-bond donors (Lipinski definition) is 2. The van der Waals surface area contributed by atoms with Gasteiger partial charge in [-0.3, -0.25) is 14.8 Å². The van der Waals surface area contributed by atoms with Crippen LogP contribution in [0, 0.1) is 0 Å². The van der Waals surface area contributed by atoms with E-state index in [4.69, 9.17) is 5.11 Å². The first-order valence-electron chi connectivity index (χ1n) is 6.06. The molecule has 0 radical (unpaired) electrons. The second kappa shape index (κ2) is 4.78. The van der Waals surface area contributed by atoms with Crippen LogP contribution in [0.5, 0.6) is 0 Å². The van der Waals surface area contributed by atoms with Crippen LogP contribution in [-0.4, -0.2) is 39.9 Å². The predicted octanol–water partition coefficient (Wildman–Crippen LogP) is 1.71. The molecule has 0 amide bonds. The Hall–Kier alpha value is -2.54. The predicted molar refractivity (Wildman–Crippen MR) is 78.0 cm³/mol. The number of aliphatic imine (C=N–C) groups is 1. The maximum absolute atomic E-state index is 11.9. The zero-order chi connectivity index (χ0) is 15.0. The summed E-state index contributed by atoms with van der Waals surface area (Å²) in [5.74, 6) is -2.32. The first kappa shape index (κ1) is 13.4. The molecule has 2 N–H and O–H groups in total. The molecule has 1 aliphatic rings. The summed E-state index contributed by atoms with van der Waals surface area (Å²) in [5, 5.41) is 21.2. The molecule has 21 heavy (non-hydrogen) atoms. The van der Waals surface area contributed by atoms with Gasteiger partial charge in [0, 0.05) is 28.7 Å². The summed E-state index contributed by atoms with van der Waals surface area (Å²) in [6, 6.07) is 1.80. The van der Waals surface area contributed by atoms with Gasteiger partial charge < -0.3 is 10.2 Å². The van der Waals surface area contributed by atoms with E-state index in [0.29, 0.717) is 10.9 Å². The number of pyridine rings is 1. The van der Waals surface area contributed by atoms with Gasteiger partial charge >= 0.3 is 11.9 Å². The van der Waals surface area contributed by atoms with E-state index in [0.717, 1.165) is 4.70 Å². The first-order chi connectivity index (χ1) is 10.0.